The quantitative estimate of drug-likeness (QED) is 0.724. The molecule has 0 aliphatic rings. The van der Waals surface area contributed by atoms with Crippen molar-refractivity contribution in [3.63, 3.8) is 0 Å². The molecule has 0 saturated carbocycles. The maximum Gasteiger partial charge on any atom is 0.354 e. The van der Waals surface area contributed by atoms with Crippen molar-refractivity contribution >= 4 is 21.4 Å². The minimum atomic E-state index is -0.369. The van der Waals surface area contributed by atoms with E-state index in [0.717, 1.165) is 5.39 Å². The van der Waals surface area contributed by atoms with Crippen LogP contribution in [-0.4, -0.2) is 5.11 Å². The average molecular weight is 182 g/mol. The Balaban J connectivity index is 2.84. The maximum atomic E-state index is 11.2. The number of aliphatic hydroxyl groups excluding tert-OH is 1. The molecule has 0 atom stereocenters. The van der Waals surface area contributed by atoms with Crippen molar-refractivity contribution in [2.75, 3.05) is 0 Å². The molecule has 0 bridgehead atoms. The predicted octanol–water partition coefficient (Wildman–Crippen LogP) is 1.35. The molecule has 3 nitrogen and oxygen atoms in total. The van der Waals surface area contributed by atoms with Crippen LogP contribution >= 0.6 is 11.3 Å². The lowest BCUT2D eigenvalue weighted by Crippen LogP contribution is -1.99. The molecule has 62 valence electrons. The molecule has 2 heterocycles. The molecule has 0 aliphatic heterocycles. The molecule has 4 heteroatoms. The summed E-state index contributed by atoms with van der Waals surface area (Å²) in [5, 5.41) is 11.4. The zero-order valence-corrected chi connectivity index (χ0v) is 6.93. The summed E-state index contributed by atoms with van der Waals surface area (Å²) in [6, 6.07) is 3.50. The van der Waals surface area contributed by atoms with Crippen LogP contribution in [0.2, 0.25) is 0 Å². The Labute approximate surface area is 71.9 Å². The third-order valence-electron chi connectivity index (χ3n) is 1.58. The summed E-state index contributed by atoms with van der Waals surface area (Å²) in [4.78, 5) is 11.2. The van der Waals surface area contributed by atoms with E-state index in [1.54, 1.807) is 6.07 Å². The van der Waals surface area contributed by atoms with Crippen molar-refractivity contribution < 1.29 is 9.52 Å². The van der Waals surface area contributed by atoms with E-state index in [2.05, 4.69) is 0 Å². The van der Waals surface area contributed by atoms with Crippen molar-refractivity contribution in [3.05, 3.63) is 33.7 Å². The number of fused-ring (bicyclic) bond motifs is 1. The molecule has 0 aromatic carbocycles. The van der Waals surface area contributed by atoms with Gasteiger partial charge in [0.05, 0.1) is 0 Å². The van der Waals surface area contributed by atoms with Gasteiger partial charge in [-0.15, -0.1) is 11.3 Å². The summed E-state index contributed by atoms with van der Waals surface area (Å²) in [5.74, 6) is 0.311. The highest BCUT2D eigenvalue weighted by atomic mass is 32.1. The number of thiophene rings is 1. The van der Waals surface area contributed by atoms with E-state index in [1.165, 1.54) is 11.3 Å². The van der Waals surface area contributed by atoms with Gasteiger partial charge in [-0.05, 0) is 17.5 Å². The Morgan fingerprint density at radius 3 is 3.17 bits per heavy atom. The number of aliphatic hydroxyl groups is 1. The van der Waals surface area contributed by atoms with Gasteiger partial charge in [0.25, 0.3) is 0 Å². The lowest BCUT2D eigenvalue weighted by atomic mass is 10.3. The minimum Gasteiger partial charge on any atom is -0.424 e. The molecule has 2 aromatic rings. The molecule has 0 saturated heterocycles. The highest BCUT2D eigenvalue weighted by molar-refractivity contribution is 7.17. The Hall–Kier alpha value is -1.13. The van der Waals surface area contributed by atoms with Gasteiger partial charge in [0.15, 0.2) is 0 Å². The van der Waals surface area contributed by atoms with Gasteiger partial charge >= 0.3 is 5.63 Å². The fraction of sp³-hybridized carbons (Fsp3) is 0.125. The lowest BCUT2D eigenvalue weighted by molar-refractivity contribution is 0.241. The third kappa shape index (κ3) is 1.05. The molecule has 2 aromatic heterocycles. The van der Waals surface area contributed by atoms with Crippen LogP contribution in [0.5, 0.6) is 0 Å². The molecule has 0 unspecified atom stereocenters. The second-order valence-electron chi connectivity index (χ2n) is 2.36. The van der Waals surface area contributed by atoms with E-state index in [-0.39, 0.29) is 12.2 Å². The van der Waals surface area contributed by atoms with Gasteiger partial charge in [-0.1, -0.05) is 0 Å². The van der Waals surface area contributed by atoms with E-state index < -0.39 is 0 Å². The van der Waals surface area contributed by atoms with Crippen LogP contribution in [0.15, 0.2) is 26.7 Å². The van der Waals surface area contributed by atoms with Crippen LogP contribution in [0.1, 0.15) is 5.76 Å². The van der Waals surface area contributed by atoms with Gasteiger partial charge < -0.3 is 9.52 Å². The van der Waals surface area contributed by atoms with Crippen LogP contribution < -0.4 is 5.63 Å². The predicted molar refractivity (Wildman–Crippen MR) is 46.3 cm³/mol. The Bertz CT molecular complexity index is 455. The van der Waals surface area contributed by atoms with E-state index in [4.69, 9.17) is 9.52 Å². The molecular weight excluding hydrogens is 176 g/mol. The summed E-state index contributed by atoms with van der Waals surface area (Å²) in [6.07, 6.45) is 0. The molecule has 12 heavy (non-hydrogen) atoms. The minimum absolute atomic E-state index is 0.235. The fourth-order valence-electron chi connectivity index (χ4n) is 1.04. The van der Waals surface area contributed by atoms with Crippen molar-refractivity contribution in [2.24, 2.45) is 0 Å². The van der Waals surface area contributed by atoms with Crippen LogP contribution in [0.25, 0.3) is 10.1 Å². The molecule has 0 radical (unpaired) electrons. The molecular formula is C8H6O3S. The van der Waals surface area contributed by atoms with E-state index in [0.29, 0.717) is 10.5 Å². The van der Waals surface area contributed by atoms with Crippen molar-refractivity contribution in [2.45, 2.75) is 6.61 Å². The molecule has 0 fully saturated rings. The third-order valence-corrected chi connectivity index (χ3v) is 2.49. The monoisotopic (exact) mass is 182 g/mol. The first-order valence-electron chi connectivity index (χ1n) is 3.42. The summed E-state index contributed by atoms with van der Waals surface area (Å²) >= 11 is 1.35. The number of hydrogen-bond acceptors (Lipinski definition) is 4. The van der Waals surface area contributed by atoms with E-state index in [9.17, 15) is 4.79 Å². The smallest absolute Gasteiger partial charge is 0.354 e. The first kappa shape index (κ1) is 7.52. The average Bonchev–Trinajstić information content (AvgIpc) is 2.52. The van der Waals surface area contributed by atoms with E-state index in [1.807, 2.05) is 11.4 Å². The van der Waals surface area contributed by atoms with Crippen molar-refractivity contribution in [3.8, 4) is 0 Å². The van der Waals surface area contributed by atoms with Gasteiger partial charge in [0, 0.05) is 5.39 Å². The molecule has 0 amide bonds. The first-order valence-corrected chi connectivity index (χ1v) is 4.30. The second kappa shape index (κ2) is 2.73. The Morgan fingerprint density at radius 2 is 2.42 bits per heavy atom. The lowest BCUT2D eigenvalue weighted by Gasteiger charge is -1.92. The number of hydrogen-bond donors (Lipinski definition) is 1. The molecule has 0 spiro atoms. The summed E-state index contributed by atoms with van der Waals surface area (Å²) in [6.45, 7) is -0.235. The zero-order chi connectivity index (χ0) is 8.55. The van der Waals surface area contributed by atoms with Crippen molar-refractivity contribution in [1.82, 2.24) is 0 Å². The van der Waals surface area contributed by atoms with Gasteiger partial charge in [-0.2, -0.15) is 0 Å². The molecule has 0 aliphatic carbocycles. The van der Waals surface area contributed by atoms with Crippen LogP contribution in [0.4, 0.5) is 0 Å². The van der Waals surface area contributed by atoms with Gasteiger partial charge in [0.2, 0.25) is 0 Å². The SMILES string of the molecule is O=c1oc(CO)cc2ccsc12. The van der Waals surface area contributed by atoms with E-state index >= 15 is 0 Å². The van der Waals surface area contributed by atoms with Gasteiger partial charge in [-0.3, -0.25) is 0 Å². The molecule has 1 N–H and O–H groups in total. The largest absolute Gasteiger partial charge is 0.424 e. The van der Waals surface area contributed by atoms with Crippen LogP contribution in [0, 0.1) is 0 Å². The highest BCUT2D eigenvalue weighted by Crippen LogP contribution is 2.17. The standard InChI is InChI=1S/C8H6O3S/c9-4-6-3-5-1-2-12-7(5)8(10)11-6/h1-3,9H,4H2. The number of rotatable bonds is 1. The van der Waals surface area contributed by atoms with Crippen molar-refractivity contribution in [1.29, 1.82) is 0 Å². The fourth-order valence-corrected chi connectivity index (χ4v) is 1.80. The normalized spacial score (nSPS) is 10.8. The van der Waals surface area contributed by atoms with Gasteiger partial charge in [0.1, 0.15) is 17.1 Å². The Morgan fingerprint density at radius 1 is 1.58 bits per heavy atom. The summed E-state index contributed by atoms with van der Waals surface area (Å²) < 4.78 is 5.41. The summed E-state index contributed by atoms with van der Waals surface area (Å²) in [5.41, 5.74) is -0.369. The van der Waals surface area contributed by atoms with Gasteiger partial charge in [-0.25, -0.2) is 4.79 Å². The first-order chi connectivity index (χ1) is 5.81. The summed E-state index contributed by atoms with van der Waals surface area (Å²) in [7, 11) is 0. The Kier molecular flexibility index (Phi) is 1.71. The van der Waals surface area contributed by atoms with Crippen LogP contribution in [-0.2, 0) is 6.61 Å². The zero-order valence-electron chi connectivity index (χ0n) is 6.11. The topological polar surface area (TPSA) is 50.4 Å². The van der Waals surface area contributed by atoms with Crippen LogP contribution in [0.3, 0.4) is 0 Å². The second-order valence-corrected chi connectivity index (χ2v) is 3.28. The maximum absolute atomic E-state index is 11.2. The molecule has 2 rings (SSSR count). The highest BCUT2D eigenvalue weighted by Gasteiger charge is 2.03.